The standard InChI is InChI=1S/C12H20N2O4/c15-11(2-1-9-3-4-13-7-9)14-5-6-18-10(8-14)12(16)17/h9-10,13H,1-8H2,(H,16,17). The number of nitrogens with zero attached hydrogens (tertiary/aromatic N) is 1. The second-order valence-electron chi connectivity index (χ2n) is 4.93. The Kier molecular flexibility index (Phi) is 4.54. The van der Waals surface area contributed by atoms with E-state index >= 15 is 0 Å². The van der Waals surface area contributed by atoms with Crippen molar-refractivity contribution < 1.29 is 19.4 Å². The summed E-state index contributed by atoms with van der Waals surface area (Å²) in [5, 5.41) is 12.1. The van der Waals surface area contributed by atoms with Crippen molar-refractivity contribution in [2.45, 2.75) is 25.4 Å². The zero-order valence-corrected chi connectivity index (χ0v) is 10.4. The minimum Gasteiger partial charge on any atom is -0.479 e. The Bertz CT molecular complexity index is 315. The lowest BCUT2D eigenvalue weighted by atomic mass is 10.0. The van der Waals surface area contributed by atoms with E-state index in [0.29, 0.717) is 25.5 Å². The summed E-state index contributed by atoms with van der Waals surface area (Å²) in [7, 11) is 0. The molecule has 6 heteroatoms. The van der Waals surface area contributed by atoms with Crippen LogP contribution in [0.25, 0.3) is 0 Å². The first-order valence-corrected chi connectivity index (χ1v) is 6.49. The molecule has 2 fully saturated rings. The van der Waals surface area contributed by atoms with E-state index in [4.69, 9.17) is 9.84 Å². The van der Waals surface area contributed by atoms with Crippen LogP contribution >= 0.6 is 0 Å². The molecule has 18 heavy (non-hydrogen) atoms. The summed E-state index contributed by atoms with van der Waals surface area (Å²) in [4.78, 5) is 24.4. The van der Waals surface area contributed by atoms with E-state index in [9.17, 15) is 9.59 Å². The number of carbonyl (C=O) groups excluding carboxylic acids is 1. The van der Waals surface area contributed by atoms with Crippen molar-refractivity contribution in [1.29, 1.82) is 0 Å². The maximum Gasteiger partial charge on any atom is 0.334 e. The van der Waals surface area contributed by atoms with Crippen molar-refractivity contribution in [2.75, 3.05) is 32.8 Å². The van der Waals surface area contributed by atoms with Crippen molar-refractivity contribution in [2.24, 2.45) is 5.92 Å². The maximum atomic E-state index is 12.0. The van der Waals surface area contributed by atoms with Gasteiger partial charge in [0.2, 0.25) is 5.91 Å². The molecule has 2 unspecified atom stereocenters. The molecular formula is C12H20N2O4. The molecule has 2 heterocycles. The van der Waals surface area contributed by atoms with Gasteiger partial charge in [0.1, 0.15) is 0 Å². The third kappa shape index (κ3) is 3.43. The first-order valence-electron chi connectivity index (χ1n) is 6.49. The molecule has 0 spiro atoms. The predicted octanol–water partition coefficient (Wildman–Crippen LogP) is -0.312. The summed E-state index contributed by atoms with van der Waals surface area (Å²) in [5.74, 6) is -0.353. The molecule has 2 saturated heterocycles. The highest BCUT2D eigenvalue weighted by atomic mass is 16.5. The van der Waals surface area contributed by atoms with Crippen molar-refractivity contribution in [1.82, 2.24) is 10.2 Å². The number of nitrogens with one attached hydrogen (secondary N) is 1. The Morgan fingerprint density at radius 1 is 1.44 bits per heavy atom. The van der Waals surface area contributed by atoms with Crippen LogP contribution < -0.4 is 5.32 Å². The maximum absolute atomic E-state index is 12.0. The van der Waals surface area contributed by atoms with Crippen molar-refractivity contribution in [3.05, 3.63) is 0 Å². The normalized spacial score (nSPS) is 28.3. The summed E-state index contributed by atoms with van der Waals surface area (Å²) < 4.78 is 5.09. The van der Waals surface area contributed by atoms with Gasteiger partial charge < -0.3 is 20.1 Å². The fourth-order valence-corrected chi connectivity index (χ4v) is 2.47. The van der Waals surface area contributed by atoms with Crippen LogP contribution in [0.5, 0.6) is 0 Å². The van der Waals surface area contributed by atoms with Gasteiger partial charge in [-0.1, -0.05) is 0 Å². The van der Waals surface area contributed by atoms with E-state index < -0.39 is 12.1 Å². The number of hydrogen-bond donors (Lipinski definition) is 2. The Hall–Kier alpha value is -1.14. The van der Waals surface area contributed by atoms with Crippen LogP contribution in [0.1, 0.15) is 19.3 Å². The van der Waals surface area contributed by atoms with Crippen molar-refractivity contribution in [3.63, 3.8) is 0 Å². The molecule has 2 rings (SSSR count). The number of ether oxygens (including phenoxy) is 1. The van der Waals surface area contributed by atoms with Gasteiger partial charge in [0.25, 0.3) is 0 Å². The van der Waals surface area contributed by atoms with Gasteiger partial charge >= 0.3 is 5.97 Å². The van der Waals surface area contributed by atoms with E-state index in [0.717, 1.165) is 25.9 Å². The second kappa shape index (κ2) is 6.15. The third-order valence-corrected chi connectivity index (χ3v) is 3.62. The average molecular weight is 256 g/mol. The minimum absolute atomic E-state index is 0.0523. The predicted molar refractivity (Wildman–Crippen MR) is 64.2 cm³/mol. The Morgan fingerprint density at radius 3 is 2.94 bits per heavy atom. The van der Waals surface area contributed by atoms with Gasteiger partial charge in [-0.05, 0) is 31.8 Å². The molecule has 6 nitrogen and oxygen atoms in total. The molecule has 0 radical (unpaired) electrons. The molecule has 2 aliphatic heterocycles. The molecule has 0 aromatic heterocycles. The highest BCUT2D eigenvalue weighted by Crippen LogP contribution is 2.16. The molecule has 1 amide bonds. The zero-order valence-electron chi connectivity index (χ0n) is 10.4. The van der Waals surface area contributed by atoms with Gasteiger partial charge in [0, 0.05) is 13.0 Å². The summed E-state index contributed by atoms with van der Waals surface area (Å²) in [6.07, 6.45) is 1.67. The zero-order chi connectivity index (χ0) is 13.0. The highest BCUT2D eigenvalue weighted by molar-refractivity contribution is 5.78. The number of morpholine rings is 1. The van der Waals surface area contributed by atoms with Crippen LogP contribution in [0.4, 0.5) is 0 Å². The molecule has 2 aliphatic rings. The fourth-order valence-electron chi connectivity index (χ4n) is 2.47. The number of carboxylic acid groups (broad SMARTS) is 1. The van der Waals surface area contributed by atoms with Gasteiger partial charge in [-0.15, -0.1) is 0 Å². The molecule has 0 bridgehead atoms. The first kappa shape index (κ1) is 13.3. The van der Waals surface area contributed by atoms with Gasteiger partial charge in [-0.2, -0.15) is 0 Å². The molecule has 0 saturated carbocycles. The Balaban J connectivity index is 1.75. The number of carboxylic acids is 1. The van der Waals surface area contributed by atoms with Crippen molar-refractivity contribution >= 4 is 11.9 Å². The Morgan fingerprint density at radius 2 is 2.28 bits per heavy atom. The monoisotopic (exact) mass is 256 g/mol. The van der Waals surface area contributed by atoms with Gasteiger partial charge in [-0.3, -0.25) is 4.79 Å². The van der Waals surface area contributed by atoms with Gasteiger partial charge in [0.05, 0.1) is 13.2 Å². The van der Waals surface area contributed by atoms with Gasteiger partial charge in [-0.25, -0.2) is 4.79 Å². The van der Waals surface area contributed by atoms with Crippen LogP contribution in [0, 0.1) is 5.92 Å². The molecule has 0 aromatic rings. The molecule has 2 atom stereocenters. The van der Waals surface area contributed by atoms with E-state index in [1.807, 2.05) is 0 Å². The third-order valence-electron chi connectivity index (χ3n) is 3.62. The number of carbonyl (C=O) groups is 2. The largest absolute Gasteiger partial charge is 0.479 e. The Labute approximate surface area is 106 Å². The molecule has 0 aliphatic carbocycles. The first-order chi connectivity index (χ1) is 8.66. The number of amides is 1. The van der Waals surface area contributed by atoms with E-state index in [2.05, 4.69) is 5.32 Å². The number of aliphatic carboxylic acids is 1. The van der Waals surface area contributed by atoms with E-state index in [1.54, 1.807) is 4.90 Å². The SMILES string of the molecule is O=C(O)C1CN(C(=O)CCC2CCNC2)CCO1. The van der Waals surface area contributed by atoms with Crippen LogP contribution in [0.3, 0.4) is 0 Å². The van der Waals surface area contributed by atoms with Gasteiger partial charge in [0.15, 0.2) is 6.10 Å². The molecule has 0 aromatic carbocycles. The lowest BCUT2D eigenvalue weighted by molar-refractivity contribution is -0.159. The lowest BCUT2D eigenvalue weighted by Crippen LogP contribution is -2.48. The van der Waals surface area contributed by atoms with E-state index in [-0.39, 0.29) is 12.5 Å². The van der Waals surface area contributed by atoms with Crippen LogP contribution in [-0.2, 0) is 14.3 Å². The molecule has 2 N–H and O–H groups in total. The minimum atomic E-state index is -0.993. The molecule has 102 valence electrons. The van der Waals surface area contributed by atoms with Crippen LogP contribution in [0.15, 0.2) is 0 Å². The van der Waals surface area contributed by atoms with E-state index in [1.165, 1.54) is 0 Å². The number of rotatable bonds is 4. The fraction of sp³-hybridized carbons (Fsp3) is 0.833. The van der Waals surface area contributed by atoms with Crippen molar-refractivity contribution in [3.8, 4) is 0 Å². The highest BCUT2D eigenvalue weighted by Gasteiger charge is 2.29. The van der Waals surface area contributed by atoms with Crippen LogP contribution in [0.2, 0.25) is 0 Å². The topological polar surface area (TPSA) is 78.9 Å². The summed E-state index contributed by atoms with van der Waals surface area (Å²) in [6, 6.07) is 0. The summed E-state index contributed by atoms with van der Waals surface area (Å²) in [6.45, 7) is 3.03. The van der Waals surface area contributed by atoms with Crippen LogP contribution in [-0.4, -0.2) is 60.8 Å². The summed E-state index contributed by atoms with van der Waals surface area (Å²) in [5.41, 5.74) is 0. The molecular weight excluding hydrogens is 236 g/mol. The quantitative estimate of drug-likeness (QED) is 0.721. The summed E-state index contributed by atoms with van der Waals surface area (Å²) >= 11 is 0. The number of hydrogen-bond acceptors (Lipinski definition) is 4. The lowest BCUT2D eigenvalue weighted by Gasteiger charge is -2.31. The second-order valence-corrected chi connectivity index (χ2v) is 4.93. The smallest absolute Gasteiger partial charge is 0.334 e. The average Bonchev–Trinajstić information content (AvgIpc) is 2.89.